The zero-order chi connectivity index (χ0) is 22.3. The molecule has 0 unspecified atom stereocenters. The predicted molar refractivity (Wildman–Crippen MR) is 116 cm³/mol. The molecule has 0 aliphatic carbocycles. The van der Waals surface area contributed by atoms with E-state index in [1.54, 1.807) is 6.92 Å². The van der Waals surface area contributed by atoms with E-state index in [2.05, 4.69) is 10.6 Å². The zero-order valence-corrected chi connectivity index (χ0v) is 18.2. The number of rotatable bonds is 9. The van der Waals surface area contributed by atoms with Crippen LogP contribution in [0, 0.1) is 0 Å². The van der Waals surface area contributed by atoms with Crippen molar-refractivity contribution in [2.75, 3.05) is 40.3 Å². The summed E-state index contributed by atoms with van der Waals surface area (Å²) in [5, 5.41) is 5.52. The SMILES string of the molecule is COc1cc(C(=O)N[C@@H](C)C(=O)NCc2ccc(N(C)C)cc2)cc(OC)c1OC. The van der Waals surface area contributed by atoms with Gasteiger partial charge in [-0.2, -0.15) is 0 Å². The number of hydrogen-bond acceptors (Lipinski definition) is 6. The number of carbonyl (C=O) groups is 2. The van der Waals surface area contributed by atoms with Gasteiger partial charge in [-0.1, -0.05) is 12.1 Å². The Bertz CT molecular complexity index is 856. The molecule has 30 heavy (non-hydrogen) atoms. The average molecular weight is 415 g/mol. The first kappa shape index (κ1) is 22.9. The summed E-state index contributed by atoms with van der Waals surface area (Å²) < 4.78 is 15.8. The summed E-state index contributed by atoms with van der Waals surface area (Å²) >= 11 is 0. The maximum atomic E-state index is 12.6. The van der Waals surface area contributed by atoms with Crippen LogP contribution >= 0.6 is 0 Å². The topological polar surface area (TPSA) is 89.1 Å². The van der Waals surface area contributed by atoms with Gasteiger partial charge >= 0.3 is 0 Å². The van der Waals surface area contributed by atoms with Crippen molar-refractivity contribution in [3.05, 3.63) is 47.5 Å². The first-order chi connectivity index (χ1) is 14.3. The maximum absolute atomic E-state index is 12.6. The van der Waals surface area contributed by atoms with Gasteiger partial charge in [-0.15, -0.1) is 0 Å². The Hall–Kier alpha value is -3.42. The number of nitrogens with zero attached hydrogens (tertiary/aromatic N) is 1. The van der Waals surface area contributed by atoms with Gasteiger partial charge in [0, 0.05) is 31.9 Å². The van der Waals surface area contributed by atoms with Gasteiger partial charge in [0.05, 0.1) is 21.3 Å². The first-order valence-corrected chi connectivity index (χ1v) is 9.45. The minimum absolute atomic E-state index is 0.285. The molecule has 0 aliphatic heterocycles. The van der Waals surface area contributed by atoms with Crippen molar-refractivity contribution in [3.8, 4) is 17.2 Å². The third-order valence-electron chi connectivity index (χ3n) is 4.59. The second kappa shape index (κ2) is 10.4. The molecule has 8 heteroatoms. The van der Waals surface area contributed by atoms with E-state index < -0.39 is 11.9 Å². The van der Waals surface area contributed by atoms with Crippen LogP contribution in [-0.4, -0.2) is 53.3 Å². The second-order valence-electron chi connectivity index (χ2n) is 6.89. The lowest BCUT2D eigenvalue weighted by Crippen LogP contribution is -2.44. The standard InChI is InChI=1S/C22H29N3O5/c1-14(21(26)23-13-15-7-9-17(10-8-15)25(2)3)24-22(27)16-11-18(28-4)20(30-6)19(12-16)29-5/h7-12,14H,13H2,1-6H3,(H,23,26)(H,24,27)/t14-/m0/s1. The molecule has 0 spiro atoms. The highest BCUT2D eigenvalue weighted by molar-refractivity contribution is 5.98. The lowest BCUT2D eigenvalue weighted by molar-refractivity contribution is -0.122. The molecule has 0 aromatic heterocycles. The molecule has 0 saturated heterocycles. The number of ether oxygens (including phenoxy) is 3. The molecule has 0 fully saturated rings. The molecule has 2 amide bonds. The summed E-state index contributed by atoms with van der Waals surface area (Å²) in [5.74, 6) is 0.405. The molecule has 8 nitrogen and oxygen atoms in total. The number of carbonyl (C=O) groups excluding carboxylic acids is 2. The van der Waals surface area contributed by atoms with Crippen molar-refractivity contribution in [3.63, 3.8) is 0 Å². The van der Waals surface area contributed by atoms with Gasteiger partial charge in [-0.3, -0.25) is 9.59 Å². The van der Waals surface area contributed by atoms with Gasteiger partial charge in [-0.25, -0.2) is 0 Å². The van der Waals surface area contributed by atoms with Gasteiger partial charge in [0.25, 0.3) is 5.91 Å². The van der Waals surface area contributed by atoms with Gasteiger partial charge in [0.15, 0.2) is 11.5 Å². The monoisotopic (exact) mass is 415 g/mol. The van der Waals surface area contributed by atoms with Crippen molar-refractivity contribution in [2.24, 2.45) is 0 Å². The van der Waals surface area contributed by atoms with Crippen LogP contribution in [0.25, 0.3) is 0 Å². The summed E-state index contributed by atoms with van der Waals surface area (Å²) in [6.07, 6.45) is 0. The van der Waals surface area contributed by atoms with Crippen LogP contribution in [0.4, 0.5) is 5.69 Å². The van der Waals surface area contributed by atoms with Crippen LogP contribution in [0.5, 0.6) is 17.2 Å². The van der Waals surface area contributed by atoms with Crippen LogP contribution in [0.1, 0.15) is 22.8 Å². The van der Waals surface area contributed by atoms with Crippen LogP contribution in [0.15, 0.2) is 36.4 Å². The number of anilines is 1. The number of hydrogen-bond donors (Lipinski definition) is 2. The highest BCUT2D eigenvalue weighted by Gasteiger charge is 2.20. The van der Waals surface area contributed by atoms with E-state index >= 15 is 0 Å². The smallest absolute Gasteiger partial charge is 0.252 e. The number of methoxy groups -OCH3 is 3. The largest absolute Gasteiger partial charge is 0.493 e. The molecule has 2 rings (SSSR count). The first-order valence-electron chi connectivity index (χ1n) is 9.45. The van der Waals surface area contributed by atoms with Crippen LogP contribution in [0.3, 0.4) is 0 Å². The minimum Gasteiger partial charge on any atom is -0.493 e. The van der Waals surface area contributed by atoms with Gasteiger partial charge in [0.1, 0.15) is 6.04 Å². The lowest BCUT2D eigenvalue weighted by atomic mass is 10.1. The van der Waals surface area contributed by atoms with E-state index in [4.69, 9.17) is 14.2 Å². The molecule has 0 saturated carbocycles. The Morgan fingerprint density at radius 3 is 2.00 bits per heavy atom. The van der Waals surface area contributed by atoms with E-state index in [1.807, 2.05) is 43.3 Å². The molecule has 2 N–H and O–H groups in total. The quantitative estimate of drug-likeness (QED) is 0.653. The summed E-state index contributed by atoms with van der Waals surface area (Å²) in [6, 6.07) is 10.2. The van der Waals surface area contributed by atoms with Crippen molar-refractivity contribution in [2.45, 2.75) is 19.5 Å². The fraction of sp³-hybridized carbons (Fsp3) is 0.364. The van der Waals surface area contributed by atoms with Crippen molar-refractivity contribution in [1.29, 1.82) is 0 Å². The Morgan fingerprint density at radius 1 is 0.967 bits per heavy atom. The Balaban J connectivity index is 2.00. The normalized spacial score (nSPS) is 11.3. The van der Waals surface area contributed by atoms with E-state index in [-0.39, 0.29) is 5.91 Å². The molecular formula is C22H29N3O5. The Labute approximate surface area is 177 Å². The fourth-order valence-electron chi connectivity index (χ4n) is 2.81. The maximum Gasteiger partial charge on any atom is 0.252 e. The molecule has 162 valence electrons. The van der Waals surface area contributed by atoms with E-state index in [9.17, 15) is 9.59 Å². The summed E-state index contributed by atoms with van der Waals surface area (Å²) in [4.78, 5) is 27.0. The predicted octanol–water partition coefficient (Wildman–Crippen LogP) is 2.21. The average Bonchev–Trinajstić information content (AvgIpc) is 2.76. The number of benzene rings is 2. The summed E-state index contributed by atoms with van der Waals surface area (Å²) in [5.41, 5.74) is 2.34. The summed E-state index contributed by atoms with van der Waals surface area (Å²) in [7, 11) is 8.37. The lowest BCUT2D eigenvalue weighted by Gasteiger charge is -2.17. The third-order valence-corrected chi connectivity index (χ3v) is 4.59. The number of nitrogens with one attached hydrogen (secondary N) is 2. The van der Waals surface area contributed by atoms with Gasteiger partial charge in [-0.05, 0) is 36.8 Å². The van der Waals surface area contributed by atoms with Crippen molar-refractivity contribution >= 4 is 17.5 Å². The van der Waals surface area contributed by atoms with Gasteiger partial charge in [0.2, 0.25) is 11.7 Å². The minimum atomic E-state index is -0.724. The Morgan fingerprint density at radius 2 is 1.53 bits per heavy atom. The zero-order valence-electron chi connectivity index (χ0n) is 18.2. The molecule has 0 aliphatic rings. The Kier molecular flexibility index (Phi) is 7.91. The van der Waals surface area contributed by atoms with Gasteiger partial charge < -0.3 is 29.7 Å². The molecule has 0 heterocycles. The van der Waals surface area contributed by atoms with Crippen molar-refractivity contribution in [1.82, 2.24) is 10.6 Å². The molecule has 0 bridgehead atoms. The van der Waals surface area contributed by atoms with Crippen LogP contribution in [0.2, 0.25) is 0 Å². The fourth-order valence-corrected chi connectivity index (χ4v) is 2.81. The second-order valence-corrected chi connectivity index (χ2v) is 6.89. The molecule has 0 radical (unpaired) electrons. The molecule has 2 aromatic carbocycles. The highest BCUT2D eigenvalue weighted by atomic mass is 16.5. The van der Waals surface area contributed by atoms with E-state index in [1.165, 1.54) is 33.5 Å². The summed E-state index contributed by atoms with van der Waals surface area (Å²) in [6.45, 7) is 2.00. The molecule has 1 atom stereocenters. The van der Waals surface area contributed by atoms with E-state index in [0.717, 1.165) is 11.3 Å². The molecular weight excluding hydrogens is 386 g/mol. The molecule has 2 aromatic rings. The number of amides is 2. The third kappa shape index (κ3) is 5.56. The van der Waals surface area contributed by atoms with Crippen LogP contribution < -0.4 is 29.7 Å². The highest BCUT2D eigenvalue weighted by Crippen LogP contribution is 2.38. The van der Waals surface area contributed by atoms with Crippen LogP contribution in [-0.2, 0) is 11.3 Å². The van der Waals surface area contributed by atoms with Crippen molar-refractivity contribution < 1.29 is 23.8 Å². The van der Waals surface area contributed by atoms with E-state index in [0.29, 0.717) is 29.4 Å².